The summed E-state index contributed by atoms with van der Waals surface area (Å²) >= 11 is 0. The van der Waals surface area contributed by atoms with Crippen LogP contribution in [-0.2, 0) is 13.0 Å². The number of likely N-dealkylation sites (tertiary alicyclic amines) is 1. The summed E-state index contributed by atoms with van der Waals surface area (Å²) in [7, 11) is 0. The third-order valence-corrected chi connectivity index (χ3v) is 5.44. The summed E-state index contributed by atoms with van der Waals surface area (Å²) in [6, 6.07) is 7.24. The van der Waals surface area contributed by atoms with Crippen LogP contribution in [0.15, 0.2) is 30.5 Å². The molecule has 1 saturated heterocycles. The Morgan fingerprint density at radius 1 is 1.31 bits per heavy atom. The summed E-state index contributed by atoms with van der Waals surface area (Å²) in [4.78, 5) is 28.4. The third-order valence-electron chi connectivity index (χ3n) is 5.44. The summed E-state index contributed by atoms with van der Waals surface area (Å²) in [5.41, 5.74) is 2.29. The van der Waals surface area contributed by atoms with Gasteiger partial charge in [0.25, 0.3) is 5.91 Å². The van der Waals surface area contributed by atoms with Crippen LogP contribution < -0.4 is 10.2 Å². The number of urea groups is 1. The van der Waals surface area contributed by atoms with Crippen LogP contribution in [0.25, 0.3) is 0 Å². The molecule has 0 radical (unpaired) electrons. The lowest BCUT2D eigenvalue weighted by Crippen LogP contribution is -2.44. The minimum atomic E-state index is -1.06. The Labute approximate surface area is 168 Å². The molecule has 2 aromatic rings. The summed E-state index contributed by atoms with van der Waals surface area (Å²) in [5, 5.41) is 10.9. The Kier molecular flexibility index (Phi) is 5.46. The van der Waals surface area contributed by atoms with E-state index < -0.39 is 6.17 Å². The number of hydrogen-bond donors (Lipinski definition) is 1. The largest absolute Gasteiger partial charge is 0.338 e. The van der Waals surface area contributed by atoms with Gasteiger partial charge in [0.1, 0.15) is 6.17 Å². The molecule has 3 amide bonds. The van der Waals surface area contributed by atoms with Gasteiger partial charge in [-0.2, -0.15) is 0 Å². The molecule has 0 aliphatic carbocycles. The molecule has 154 valence electrons. The Morgan fingerprint density at radius 2 is 2.14 bits per heavy atom. The maximum atomic E-state index is 14.0. The van der Waals surface area contributed by atoms with Gasteiger partial charge < -0.3 is 15.1 Å². The number of carbonyl (C=O) groups excluding carboxylic acids is 2. The van der Waals surface area contributed by atoms with Crippen molar-refractivity contribution in [2.75, 3.05) is 24.5 Å². The van der Waals surface area contributed by atoms with E-state index in [2.05, 4.69) is 15.6 Å². The number of carbonyl (C=O) groups is 2. The second-order valence-corrected chi connectivity index (χ2v) is 7.53. The third kappa shape index (κ3) is 3.94. The number of hydrogen-bond acceptors (Lipinski definition) is 4. The smallest absolute Gasteiger partial charge is 0.317 e. The first-order valence-corrected chi connectivity index (χ1v) is 10.0. The van der Waals surface area contributed by atoms with Gasteiger partial charge in [0.2, 0.25) is 0 Å². The first-order valence-electron chi connectivity index (χ1n) is 10.0. The fraction of sp³-hybridized carbons (Fsp3) is 0.500. The van der Waals surface area contributed by atoms with Crippen LogP contribution in [-0.4, -0.2) is 63.7 Å². The molecule has 0 unspecified atom stereocenters. The lowest BCUT2D eigenvalue weighted by Gasteiger charge is -2.24. The summed E-state index contributed by atoms with van der Waals surface area (Å²) in [6.45, 7) is 3.51. The maximum Gasteiger partial charge on any atom is 0.317 e. The minimum absolute atomic E-state index is 0.0747. The van der Waals surface area contributed by atoms with Crippen molar-refractivity contribution >= 4 is 17.6 Å². The molecule has 1 aromatic heterocycles. The number of anilines is 1. The fourth-order valence-electron chi connectivity index (χ4n) is 4.00. The number of halogens is 1. The van der Waals surface area contributed by atoms with Crippen molar-refractivity contribution in [1.29, 1.82) is 0 Å². The van der Waals surface area contributed by atoms with Crippen LogP contribution in [0.1, 0.15) is 35.8 Å². The number of alkyl halides is 1. The van der Waals surface area contributed by atoms with Crippen molar-refractivity contribution in [2.45, 2.75) is 44.9 Å². The molecule has 0 saturated carbocycles. The Hall–Kier alpha value is -2.97. The van der Waals surface area contributed by atoms with Crippen LogP contribution >= 0.6 is 0 Å². The zero-order valence-corrected chi connectivity index (χ0v) is 16.4. The number of benzene rings is 1. The van der Waals surface area contributed by atoms with Gasteiger partial charge >= 0.3 is 6.03 Å². The van der Waals surface area contributed by atoms with E-state index in [1.165, 1.54) is 9.58 Å². The lowest BCUT2D eigenvalue weighted by atomic mass is 10.2. The zero-order chi connectivity index (χ0) is 20.4. The minimum Gasteiger partial charge on any atom is -0.338 e. The second-order valence-electron chi connectivity index (χ2n) is 7.53. The van der Waals surface area contributed by atoms with Crippen molar-refractivity contribution in [1.82, 2.24) is 25.2 Å². The molecule has 2 atom stereocenters. The lowest BCUT2D eigenvalue weighted by molar-refractivity contribution is 0.0984. The topological polar surface area (TPSA) is 83.4 Å². The molecule has 2 aliphatic heterocycles. The number of amides is 3. The Morgan fingerprint density at radius 3 is 2.97 bits per heavy atom. The second kappa shape index (κ2) is 8.18. The average molecular weight is 400 g/mol. The van der Waals surface area contributed by atoms with E-state index >= 15 is 0 Å². The van der Waals surface area contributed by atoms with Gasteiger partial charge in [-0.15, -0.1) is 5.10 Å². The van der Waals surface area contributed by atoms with Gasteiger partial charge in [-0.05, 0) is 24.5 Å². The number of aromatic nitrogens is 3. The molecular formula is C20H25FN6O2. The number of nitrogens with one attached hydrogen (secondary N) is 1. The van der Waals surface area contributed by atoms with Gasteiger partial charge in [0, 0.05) is 25.2 Å². The van der Waals surface area contributed by atoms with E-state index in [1.807, 2.05) is 31.2 Å². The van der Waals surface area contributed by atoms with Gasteiger partial charge in [0.15, 0.2) is 5.69 Å². The molecular weight excluding hydrogens is 375 g/mol. The molecule has 4 rings (SSSR count). The van der Waals surface area contributed by atoms with Gasteiger partial charge in [-0.1, -0.05) is 30.3 Å². The molecule has 1 aromatic carbocycles. The molecule has 1 fully saturated rings. The summed E-state index contributed by atoms with van der Waals surface area (Å²) < 4.78 is 15.5. The highest BCUT2D eigenvalue weighted by Gasteiger charge is 2.36. The Balaban J connectivity index is 1.44. The summed E-state index contributed by atoms with van der Waals surface area (Å²) in [6.07, 6.45) is 2.41. The molecule has 0 bridgehead atoms. The molecule has 9 heteroatoms. The highest BCUT2D eigenvalue weighted by molar-refractivity contribution is 6.05. The molecule has 1 N–H and O–H groups in total. The molecule has 8 nitrogen and oxygen atoms in total. The first-order chi connectivity index (χ1) is 14.1. The van der Waals surface area contributed by atoms with E-state index in [0.29, 0.717) is 19.6 Å². The molecule has 0 spiro atoms. The standard InChI is InChI=1S/C20H25FN6O2/c1-2-8-22-20(29)27-11-15(21)10-16(27)12-25-13-17(23-24-25)19(28)26-9-7-14-5-3-4-6-18(14)26/h3-6,13,15-16H,2,7-12H2,1H3,(H,22,29)/t15-,16-/m0/s1. The number of fused-ring (bicyclic) bond motifs is 1. The first kappa shape index (κ1) is 19.4. The van der Waals surface area contributed by atoms with E-state index in [0.717, 1.165) is 24.1 Å². The molecule has 2 aliphatic rings. The summed E-state index contributed by atoms with van der Waals surface area (Å²) in [5.74, 6) is -0.200. The van der Waals surface area contributed by atoms with Crippen LogP contribution in [0.5, 0.6) is 0 Å². The van der Waals surface area contributed by atoms with Crippen molar-refractivity contribution in [3.63, 3.8) is 0 Å². The van der Waals surface area contributed by atoms with Crippen molar-refractivity contribution in [2.24, 2.45) is 0 Å². The predicted octanol–water partition coefficient (Wildman–Crippen LogP) is 2.01. The van der Waals surface area contributed by atoms with E-state index in [1.54, 1.807) is 11.1 Å². The zero-order valence-electron chi connectivity index (χ0n) is 16.4. The van der Waals surface area contributed by atoms with Crippen LogP contribution in [0.4, 0.5) is 14.9 Å². The van der Waals surface area contributed by atoms with Crippen molar-refractivity contribution in [3.8, 4) is 0 Å². The molecule has 3 heterocycles. The predicted molar refractivity (Wildman–Crippen MR) is 106 cm³/mol. The normalized spacial score (nSPS) is 20.8. The van der Waals surface area contributed by atoms with Crippen LogP contribution in [0, 0.1) is 0 Å². The van der Waals surface area contributed by atoms with Crippen LogP contribution in [0.2, 0.25) is 0 Å². The number of rotatable bonds is 5. The van der Waals surface area contributed by atoms with Crippen LogP contribution in [0.3, 0.4) is 0 Å². The number of para-hydroxylation sites is 1. The van der Waals surface area contributed by atoms with E-state index in [-0.39, 0.29) is 36.6 Å². The SMILES string of the molecule is CCCNC(=O)N1C[C@@H](F)C[C@H]1Cn1cc(C(=O)N2CCc3ccccc32)nn1. The average Bonchev–Trinajstić information content (AvgIpc) is 3.44. The van der Waals surface area contributed by atoms with Gasteiger partial charge in [-0.3, -0.25) is 4.79 Å². The fourth-order valence-corrected chi connectivity index (χ4v) is 4.00. The van der Waals surface area contributed by atoms with E-state index in [9.17, 15) is 14.0 Å². The van der Waals surface area contributed by atoms with Gasteiger partial charge in [-0.25, -0.2) is 13.9 Å². The van der Waals surface area contributed by atoms with E-state index in [4.69, 9.17) is 0 Å². The Bertz CT molecular complexity index is 901. The van der Waals surface area contributed by atoms with Crippen molar-refractivity contribution < 1.29 is 14.0 Å². The molecule has 29 heavy (non-hydrogen) atoms. The van der Waals surface area contributed by atoms with Crippen molar-refractivity contribution in [3.05, 3.63) is 41.7 Å². The highest BCUT2D eigenvalue weighted by Crippen LogP contribution is 2.28. The monoisotopic (exact) mass is 400 g/mol. The quantitative estimate of drug-likeness (QED) is 0.832. The van der Waals surface area contributed by atoms with Gasteiger partial charge in [0.05, 0.1) is 25.3 Å². The maximum absolute atomic E-state index is 14.0. The highest BCUT2D eigenvalue weighted by atomic mass is 19.1. The number of nitrogens with zero attached hydrogens (tertiary/aromatic N) is 5.